The van der Waals surface area contributed by atoms with Crippen LogP contribution in [0, 0.1) is 0 Å². The van der Waals surface area contributed by atoms with Crippen LogP contribution < -0.4 is 0 Å². The lowest BCUT2D eigenvalue weighted by Crippen LogP contribution is -2.17. The fourth-order valence-corrected chi connectivity index (χ4v) is 3.12. The minimum absolute atomic E-state index is 0.276. The monoisotopic (exact) mass is 307 g/mol. The topological polar surface area (TPSA) is 12.9 Å². The number of hydrogen-bond acceptors (Lipinski definition) is 2. The van der Waals surface area contributed by atoms with Crippen LogP contribution in [0.15, 0.2) is 48.5 Å². The molecule has 0 bridgehead atoms. The Hall–Kier alpha value is -1.88. The number of hydrogen-bond donors (Lipinski definition) is 0. The van der Waals surface area contributed by atoms with Gasteiger partial charge in [0.15, 0.2) is 0 Å². The zero-order valence-corrected chi connectivity index (χ0v) is 12.0. The van der Waals surface area contributed by atoms with E-state index in [4.69, 9.17) is 0 Å². The van der Waals surface area contributed by atoms with Crippen molar-refractivity contribution in [3.8, 4) is 10.6 Å². The van der Waals surface area contributed by atoms with Crippen molar-refractivity contribution in [1.82, 2.24) is 4.98 Å². The van der Waals surface area contributed by atoms with Gasteiger partial charge in [-0.05, 0) is 24.6 Å². The smallest absolute Gasteiger partial charge is 0.236 e. The molecule has 2 aromatic carbocycles. The summed E-state index contributed by atoms with van der Waals surface area (Å²) in [7, 11) is 0. The molecule has 0 fully saturated rings. The van der Waals surface area contributed by atoms with Crippen molar-refractivity contribution >= 4 is 21.6 Å². The summed E-state index contributed by atoms with van der Waals surface area (Å²) in [6, 6.07) is 14.4. The van der Waals surface area contributed by atoms with Crippen molar-refractivity contribution in [3.63, 3.8) is 0 Å². The Morgan fingerprint density at radius 2 is 1.76 bits per heavy atom. The third-order valence-corrected chi connectivity index (χ3v) is 4.49. The van der Waals surface area contributed by atoms with Crippen LogP contribution in [0.5, 0.6) is 0 Å². The lowest BCUT2D eigenvalue weighted by molar-refractivity contribution is -0.146. The van der Waals surface area contributed by atoms with Crippen LogP contribution in [-0.2, 0) is 0 Å². The molecule has 0 aliphatic heterocycles. The van der Waals surface area contributed by atoms with Crippen LogP contribution in [0.3, 0.4) is 0 Å². The second-order valence-corrected chi connectivity index (χ2v) is 5.91. The van der Waals surface area contributed by atoms with Gasteiger partial charge in [0.25, 0.3) is 0 Å². The molecule has 0 N–H and O–H groups in total. The largest absolute Gasteiger partial charge is 0.395 e. The standard InChI is InChI=1S/C16H12F3NS/c1-10(16(17,18)19)12-7-8-13-14(9-12)21-15(20-13)11-5-3-2-4-6-11/h2-10H,1H3/t10-/m1/s1. The normalized spacial score (nSPS) is 13.5. The van der Waals surface area contributed by atoms with Crippen LogP contribution in [0.1, 0.15) is 18.4 Å². The molecule has 1 nitrogen and oxygen atoms in total. The Bertz CT molecular complexity index is 762. The molecule has 0 amide bonds. The average Bonchev–Trinajstić information content (AvgIpc) is 2.89. The Kier molecular flexibility index (Phi) is 3.45. The first kappa shape index (κ1) is 14.1. The molecule has 3 aromatic rings. The molecular formula is C16H12F3NS. The summed E-state index contributed by atoms with van der Waals surface area (Å²) in [5.74, 6) is -1.47. The van der Waals surface area contributed by atoms with Gasteiger partial charge in [-0.25, -0.2) is 4.98 Å². The number of thiazole rings is 1. The number of halogens is 3. The van der Waals surface area contributed by atoms with Gasteiger partial charge >= 0.3 is 6.18 Å². The Morgan fingerprint density at radius 3 is 2.43 bits per heavy atom. The molecule has 108 valence electrons. The van der Waals surface area contributed by atoms with Crippen LogP contribution in [0.4, 0.5) is 13.2 Å². The number of rotatable bonds is 2. The molecule has 0 spiro atoms. The van der Waals surface area contributed by atoms with Gasteiger partial charge in [0.1, 0.15) is 5.01 Å². The molecule has 0 radical (unpaired) electrons. The number of benzene rings is 2. The fraction of sp³-hybridized carbons (Fsp3) is 0.188. The molecule has 1 aromatic heterocycles. The molecule has 1 atom stereocenters. The van der Waals surface area contributed by atoms with Gasteiger partial charge in [-0.3, -0.25) is 0 Å². The minimum Gasteiger partial charge on any atom is -0.236 e. The Labute approximate surface area is 124 Å². The van der Waals surface area contributed by atoms with Crippen LogP contribution in [0.25, 0.3) is 20.8 Å². The summed E-state index contributed by atoms with van der Waals surface area (Å²) in [6.45, 7) is 1.18. The first-order chi connectivity index (χ1) is 9.95. The molecule has 0 unspecified atom stereocenters. The van der Waals surface area contributed by atoms with Crippen LogP contribution in [-0.4, -0.2) is 11.2 Å². The van der Waals surface area contributed by atoms with Gasteiger partial charge in [-0.15, -0.1) is 11.3 Å². The number of alkyl halides is 3. The molecule has 5 heteroatoms. The third-order valence-electron chi connectivity index (χ3n) is 3.42. The third kappa shape index (κ3) is 2.78. The molecule has 3 rings (SSSR count). The molecule has 1 heterocycles. The van der Waals surface area contributed by atoms with Crippen molar-refractivity contribution in [2.75, 3.05) is 0 Å². The highest BCUT2D eigenvalue weighted by atomic mass is 32.1. The van der Waals surface area contributed by atoms with E-state index in [1.165, 1.54) is 24.3 Å². The lowest BCUT2D eigenvalue weighted by Gasteiger charge is -2.15. The van der Waals surface area contributed by atoms with Crippen molar-refractivity contribution in [2.24, 2.45) is 0 Å². The van der Waals surface area contributed by atoms with Gasteiger partial charge in [0, 0.05) is 5.56 Å². The van der Waals surface area contributed by atoms with Crippen molar-refractivity contribution in [1.29, 1.82) is 0 Å². The SMILES string of the molecule is C[C@H](c1ccc2nc(-c3ccccc3)sc2c1)C(F)(F)F. The maximum Gasteiger partial charge on any atom is 0.395 e. The molecule has 21 heavy (non-hydrogen) atoms. The highest BCUT2D eigenvalue weighted by molar-refractivity contribution is 7.21. The highest BCUT2D eigenvalue weighted by Crippen LogP contribution is 2.37. The van der Waals surface area contributed by atoms with E-state index in [-0.39, 0.29) is 5.56 Å². The summed E-state index contributed by atoms with van der Waals surface area (Å²) in [5.41, 5.74) is 1.99. The minimum atomic E-state index is -4.22. The van der Waals surface area contributed by atoms with Gasteiger partial charge < -0.3 is 0 Å². The van der Waals surface area contributed by atoms with Crippen molar-refractivity contribution in [3.05, 3.63) is 54.1 Å². The van der Waals surface area contributed by atoms with Gasteiger partial charge in [0.05, 0.1) is 16.1 Å². The fourth-order valence-electron chi connectivity index (χ4n) is 2.10. The summed E-state index contributed by atoms with van der Waals surface area (Å²) in [4.78, 5) is 4.48. The van der Waals surface area contributed by atoms with E-state index in [2.05, 4.69) is 4.98 Å². The second-order valence-electron chi connectivity index (χ2n) is 4.88. The average molecular weight is 307 g/mol. The lowest BCUT2D eigenvalue weighted by atomic mass is 10.0. The first-order valence-electron chi connectivity index (χ1n) is 6.48. The summed E-state index contributed by atoms with van der Waals surface area (Å²) >= 11 is 1.41. The number of fused-ring (bicyclic) bond motifs is 1. The zero-order valence-electron chi connectivity index (χ0n) is 11.2. The molecule has 0 aliphatic carbocycles. The molecule has 0 saturated carbocycles. The Morgan fingerprint density at radius 1 is 1.05 bits per heavy atom. The van der Waals surface area contributed by atoms with Gasteiger partial charge in [0.2, 0.25) is 0 Å². The van der Waals surface area contributed by atoms with E-state index in [1.807, 2.05) is 30.3 Å². The Balaban J connectivity index is 2.04. The van der Waals surface area contributed by atoms with Gasteiger partial charge in [-0.1, -0.05) is 36.4 Å². The summed E-state index contributed by atoms with van der Waals surface area (Å²) < 4.78 is 39.2. The molecule has 0 saturated heterocycles. The predicted molar refractivity (Wildman–Crippen MR) is 79.5 cm³/mol. The van der Waals surface area contributed by atoms with Crippen LogP contribution in [0.2, 0.25) is 0 Å². The quantitative estimate of drug-likeness (QED) is 0.598. The predicted octanol–water partition coefficient (Wildman–Crippen LogP) is 5.63. The number of aromatic nitrogens is 1. The van der Waals surface area contributed by atoms with E-state index in [0.717, 1.165) is 20.8 Å². The number of nitrogens with zero attached hydrogens (tertiary/aromatic N) is 1. The van der Waals surface area contributed by atoms with E-state index < -0.39 is 12.1 Å². The molecule has 0 aliphatic rings. The zero-order chi connectivity index (χ0) is 15.0. The maximum atomic E-state index is 12.8. The maximum absolute atomic E-state index is 12.8. The van der Waals surface area contributed by atoms with E-state index in [9.17, 15) is 13.2 Å². The van der Waals surface area contributed by atoms with E-state index >= 15 is 0 Å². The first-order valence-corrected chi connectivity index (χ1v) is 7.29. The second kappa shape index (κ2) is 5.15. The molecular weight excluding hydrogens is 295 g/mol. The summed E-state index contributed by atoms with van der Waals surface area (Å²) in [5, 5.41) is 0.822. The van der Waals surface area contributed by atoms with Gasteiger partial charge in [-0.2, -0.15) is 13.2 Å². The van der Waals surface area contributed by atoms with Crippen molar-refractivity contribution in [2.45, 2.75) is 19.0 Å². The highest BCUT2D eigenvalue weighted by Gasteiger charge is 2.37. The van der Waals surface area contributed by atoms with Crippen LogP contribution >= 0.6 is 11.3 Å². The van der Waals surface area contributed by atoms with Crippen molar-refractivity contribution < 1.29 is 13.2 Å². The summed E-state index contributed by atoms with van der Waals surface area (Å²) in [6.07, 6.45) is -4.22. The van der Waals surface area contributed by atoms with E-state index in [0.29, 0.717) is 0 Å². The van der Waals surface area contributed by atoms with E-state index in [1.54, 1.807) is 12.1 Å².